The molecule has 150 valence electrons. The van der Waals surface area contributed by atoms with Gasteiger partial charge in [0.1, 0.15) is 11.5 Å². The van der Waals surface area contributed by atoms with Crippen LogP contribution in [0.5, 0.6) is 11.5 Å². The summed E-state index contributed by atoms with van der Waals surface area (Å²) in [7, 11) is 0. The first kappa shape index (κ1) is 20.0. The second-order valence-electron chi connectivity index (χ2n) is 6.44. The molecule has 0 aliphatic carbocycles. The van der Waals surface area contributed by atoms with Crippen LogP contribution in [0.15, 0.2) is 70.7 Å². The first-order valence-electron chi connectivity index (χ1n) is 8.96. The van der Waals surface area contributed by atoms with E-state index in [1.165, 1.54) is 36.2 Å². The Balaban J connectivity index is 1.52. The van der Waals surface area contributed by atoms with Gasteiger partial charge in [0, 0.05) is 32.3 Å². The topological polar surface area (TPSA) is 94.8 Å². The van der Waals surface area contributed by atoms with E-state index >= 15 is 0 Å². The lowest BCUT2D eigenvalue weighted by Gasteiger charge is -2.10. The SMILES string of the molecule is O=C(CSc1c2ccccc2nc2cc(Cl)ccc12)N/N=C/c1ccc(O)cc1O. The number of carbonyl (C=O) groups excluding carboxylic acids is 1. The van der Waals surface area contributed by atoms with Crippen molar-refractivity contribution in [1.29, 1.82) is 0 Å². The summed E-state index contributed by atoms with van der Waals surface area (Å²) in [5.74, 6) is -0.332. The molecule has 0 saturated heterocycles. The second kappa shape index (κ2) is 8.61. The lowest BCUT2D eigenvalue weighted by molar-refractivity contribution is -0.118. The smallest absolute Gasteiger partial charge is 0.250 e. The molecule has 0 aliphatic rings. The first-order chi connectivity index (χ1) is 14.5. The quantitative estimate of drug-likeness (QED) is 0.182. The molecule has 1 amide bonds. The zero-order valence-electron chi connectivity index (χ0n) is 15.5. The van der Waals surface area contributed by atoms with E-state index in [1.807, 2.05) is 36.4 Å². The molecule has 6 nitrogen and oxygen atoms in total. The van der Waals surface area contributed by atoms with Crippen molar-refractivity contribution in [2.24, 2.45) is 5.10 Å². The van der Waals surface area contributed by atoms with Crippen molar-refractivity contribution < 1.29 is 15.0 Å². The van der Waals surface area contributed by atoms with Crippen molar-refractivity contribution in [2.45, 2.75) is 4.90 Å². The lowest BCUT2D eigenvalue weighted by Crippen LogP contribution is -2.19. The number of halogens is 1. The van der Waals surface area contributed by atoms with Crippen LogP contribution in [0.25, 0.3) is 21.8 Å². The zero-order valence-corrected chi connectivity index (χ0v) is 17.1. The number of pyridine rings is 1. The monoisotopic (exact) mass is 437 g/mol. The van der Waals surface area contributed by atoms with Gasteiger partial charge < -0.3 is 10.2 Å². The van der Waals surface area contributed by atoms with Crippen molar-refractivity contribution in [3.05, 3.63) is 71.2 Å². The number of hydrogen-bond acceptors (Lipinski definition) is 6. The van der Waals surface area contributed by atoms with Crippen LogP contribution in [0.2, 0.25) is 5.02 Å². The van der Waals surface area contributed by atoms with Crippen LogP contribution in [0, 0.1) is 0 Å². The summed E-state index contributed by atoms with van der Waals surface area (Å²) in [6.07, 6.45) is 1.32. The molecule has 30 heavy (non-hydrogen) atoms. The van der Waals surface area contributed by atoms with Crippen molar-refractivity contribution in [1.82, 2.24) is 10.4 Å². The number of aromatic hydroxyl groups is 2. The summed E-state index contributed by atoms with van der Waals surface area (Å²) >= 11 is 7.51. The molecule has 1 heterocycles. The van der Waals surface area contributed by atoms with Gasteiger partial charge in [-0.2, -0.15) is 5.10 Å². The molecule has 0 fully saturated rings. The van der Waals surface area contributed by atoms with Crippen molar-refractivity contribution in [3.63, 3.8) is 0 Å². The highest BCUT2D eigenvalue weighted by molar-refractivity contribution is 8.00. The molecule has 4 aromatic rings. The summed E-state index contributed by atoms with van der Waals surface area (Å²) in [6, 6.07) is 17.4. The fourth-order valence-electron chi connectivity index (χ4n) is 2.97. The number of thioether (sulfide) groups is 1. The normalized spacial score (nSPS) is 11.4. The minimum absolute atomic E-state index is 0.0526. The Morgan fingerprint density at radius 2 is 1.87 bits per heavy atom. The number of nitrogens with one attached hydrogen (secondary N) is 1. The minimum Gasteiger partial charge on any atom is -0.508 e. The standard InChI is InChI=1S/C22H16ClN3O3S/c23-14-6-8-17-19(9-14)25-18-4-2-1-3-16(18)22(17)30-12-21(29)26-24-11-13-5-7-15(27)10-20(13)28/h1-11,27-28H,12H2,(H,26,29)/b24-11+. The summed E-state index contributed by atoms with van der Waals surface area (Å²) in [6.45, 7) is 0. The summed E-state index contributed by atoms with van der Waals surface area (Å²) < 4.78 is 0. The molecule has 0 atom stereocenters. The summed E-state index contributed by atoms with van der Waals surface area (Å²) in [5, 5.41) is 25.4. The first-order valence-corrected chi connectivity index (χ1v) is 10.3. The average molecular weight is 438 g/mol. The van der Waals surface area contributed by atoms with Gasteiger partial charge in [0.15, 0.2) is 0 Å². The predicted octanol–water partition coefficient (Wildman–Crippen LogP) is 4.70. The maximum atomic E-state index is 12.3. The maximum absolute atomic E-state index is 12.3. The Bertz CT molecular complexity index is 1290. The average Bonchev–Trinajstić information content (AvgIpc) is 2.72. The Labute approximate surface area is 181 Å². The molecule has 3 N–H and O–H groups in total. The van der Waals surface area contributed by atoms with Gasteiger partial charge in [0.2, 0.25) is 5.91 Å². The van der Waals surface area contributed by atoms with Crippen molar-refractivity contribution >= 4 is 57.3 Å². The summed E-state index contributed by atoms with van der Waals surface area (Å²) in [5.41, 5.74) is 4.42. The van der Waals surface area contributed by atoms with Crippen LogP contribution < -0.4 is 5.43 Å². The molecule has 0 radical (unpaired) electrons. The van der Waals surface area contributed by atoms with E-state index < -0.39 is 0 Å². The van der Waals surface area contributed by atoms with E-state index in [4.69, 9.17) is 11.6 Å². The lowest BCUT2D eigenvalue weighted by atomic mass is 10.1. The third-order valence-electron chi connectivity index (χ3n) is 4.35. The van der Waals surface area contributed by atoms with Crippen LogP contribution in [0.4, 0.5) is 0 Å². The summed E-state index contributed by atoms with van der Waals surface area (Å²) in [4.78, 5) is 17.9. The molecule has 0 bridgehead atoms. The molecule has 0 spiro atoms. The predicted molar refractivity (Wildman–Crippen MR) is 120 cm³/mol. The molecule has 3 aromatic carbocycles. The molecule has 1 aromatic heterocycles. The van der Waals surface area contributed by atoms with Gasteiger partial charge >= 0.3 is 0 Å². The van der Waals surface area contributed by atoms with E-state index in [-0.39, 0.29) is 23.2 Å². The molecule has 0 saturated carbocycles. The number of rotatable bonds is 5. The van der Waals surface area contributed by atoms with Gasteiger partial charge in [-0.25, -0.2) is 10.4 Å². The van der Waals surface area contributed by atoms with E-state index in [1.54, 1.807) is 6.07 Å². The molecule has 4 rings (SSSR count). The van der Waals surface area contributed by atoms with E-state index in [2.05, 4.69) is 15.5 Å². The molecule has 0 aliphatic heterocycles. The molecule has 8 heteroatoms. The number of benzene rings is 3. The van der Waals surface area contributed by atoms with Crippen LogP contribution in [-0.2, 0) is 4.79 Å². The second-order valence-corrected chi connectivity index (χ2v) is 7.87. The highest BCUT2D eigenvalue weighted by Crippen LogP contribution is 2.35. The number of carbonyl (C=O) groups is 1. The van der Waals surface area contributed by atoms with Crippen LogP contribution in [-0.4, -0.2) is 33.1 Å². The van der Waals surface area contributed by atoms with Crippen LogP contribution in [0.3, 0.4) is 0 Å². The van der Waals surface area contributed by atoms with E-state index in [9.17, 15) is 15.0 Å². The number of phenols is 2. The zero-order chi connectivity index (χ0) is 21.1. The molecule has 0 unspecified atom stereocenters. The molecular formula is C22H16ClN3O3S. The third-order valence-corrected chi connectivity index (χ3v) is 5.72. The van der Waals surface area contributed by atoms with Gasteiger partial charge in [-0.15, -0.1) is 11.8 Å². The third kappa shape index (κ3) is 4.32. The fourth-order valence-corrected chi connectivity index (χ4v) is 4.13. The Morgan fingerprint density at radius 1 is 1.07 bits per heavy atom. The van der Waals surface area contributed by atoms with E-state index in [0.717, 1.165) is 26.7 Å². The highest BCUT2D eigenvalue weighted by atomic mass is 35.5. The van der Waals surface area contributed by atoms with Gasteiger partial charge in [-0.1, -0.05) is 35.9 Å². The number of aromatic nitrogens is 1. The number of phenolic OH excluding ortho intramolecular Hbond substituents is 2. The Hall–Kier alpha value is -3.29. The highest BCUT2D eigenvalue weighted by Gasteiger charge is 2.12. The number of nitrogens with zero attached hydrogens (tertiary/aromatic N) is 2. The minimum atomic E-state index is -0.294. The van der Waals surface area contributed by atoms with E-state index in [0.29, 0.717) is 10.6 Å². The van der Waals surface area contributed by atoms with Gasteiger partial charge in [-0.05, 0) is 30.3 Å². The van der Waals surface area contributed by atoms with Crippen LogP contribution >= 0.6 is 23.4 Å². The van der Waals surface area contributed by atoms with Gasteiger partial charge in [-0.3, -0.25) is 4.79 Å². The number of fused-ring (bicyclic) bond motifs is 2. The Morgan fingerprint density at radius 3 is 2.70 bits per heavy atom. The van der Waals surface area contributed by atoms with Crippen molar-refractivity contribution in [3.8, 4) is 11.5 Å². The maximum Gasteiger partial charge on any atom is 0.250 e. The van der Waals surface area contributed by atoms with Gasteiger partial charge in [0.05, 0.1) is 23.0 Å². The fraction of sp³-hybridized carbons (Fsp3) is 0.0455. The molecular weight excluding hydrogens is 422 g/mol. The Kier molecular flexibility index (Phi) is 5.74. The number of hydrogen-bond donors (Lipinski definition) is 3. The van der Waals surface area contributed by atoms with Crippen LogP contribution in [0.1, 0.15) is 5.56 Å². The number of hydrazone groups is 1. The van der Waals surface area contributed by atoms with Gasteiger partial charge in [0.25, 0.3) is 0 Å². The largest absolute Gasteiger partial charge is 0.508 e. The number of para-hydroxylation sites is 1. The van der Waals surface area contributed by atoms with Crippen molar-refractivity contribution in [2.75, 3.05) is 5.75 Å². The number of amides is 1.